The van der Waals surface area contributed by atoms with Gasteiger partial charge in [0.1, 0.15) is 11.4 Å². The predicted octanol–water partition coefficient (Wildman–Crippen LogP) is 4.29. The zero-order chi connectivity index (χ0) is 20.9. The van der Waals surface area contributed by atoms with Gasteiger partial charge in [-0.15, -0.1) is 5.10 Å². The van der Waals surface area contributed by atoms with Crippen LogP contribution in [0.3, 0.4) is 0 Å². The van der Waals surface area contributed by atoms with Crippen molar-refractivity contribution < 1.29 is 14.6 Å². The lowest BCUT2D eigenvalue weighted by atomic mass is 9.87. The number of rotatable bonds is 7. The highest BCUT2D eigenvalue weighted by molar-refractivity contribution is 5.70. The van der Waals surface area contributed by atoms with Crippen molar-refractivity contribution in [3.05, 3.63) is 65.9 Å². The number of carboxylic acid groups (broad SMARTS) is 1. The first-order valence-corrected chi connectivity index (χ1v) is 10.5. The summed E-state index contributed by atoms with van der Waals surface area (Å²) in [4.78, 5) is 11.3. The highest BCUT2D eigenvalue weighted by Crippen LogP contribution is 2.30. The molecule has 1 fully saturated rings. The van der Waals surface area contributed by atoms with E-state index in [2.05, 4.69) is 34.6 Å². The van der Waals surface area contributed by atoms with Crippen LogP contribution < -0.4 is 4.74 Å². The summed E-state index contributed by atoms with van der Waals surface area (Å²) >= 11 is 0. The third-order valence-corrected chi connectivity index (χ3v) is 5.84. The Bertz CT molecular complexity index is 983. The lowest BCUT2D eigenvalue weighted by molar-refractivity contribution is -0.143. The maximum atomic E-state index is 11.3. The molecule has 2 aromatic carbocycles. The number of aryl methyl sites for hydroxylation is 2. The molecule has 156 valence electrons. The van der Waals surface area contributed by atoms with E-state index in [9.17, 15) is 9.90 Å². The van der Waals surface area contributed by atoms with Crippen molar-refractivity contribution >= 4 is 5.97 Å². The normalized spacial score (nSPS) is 18.8. The van der Waals surface area contributed by atoms with Crippen molar-refractivity contribution in [3.63, 3.8) is 0 Å². The molecule has 1 N–H and O–H groups in total. The zero-order valence-electron chi connectivity index (χ0n) is 17.2. The Morgan fingerprint density at radius 3 is 2.60 bits per heavy atom. The molecule has 1 heterocycles. The van der Waals surface area contributed by atoms with E-state index in [1.165, 1.54) is 5.56 Å². The molecular weight excluding hydrogens is 378 g/mol. The molecule has 0 saturated heterocycles. The van der Waals surface area contributed by atoms with Gasteiger partial charge in [0.2, 0.25) is 0 Å². The first-order valence-electron chi connectivity index (χ1n) is 10.5. The molecule has 0 spiro atoms. The van der Waals surface area contributed by atoms with Crippen LogP contribution in [0.4, 0.5) is 0 Å². The van der Waals surface area contributed by atoms with Gasteiger partial charge in [0.25, 0.3) is 0 Å². The van der Waals surface area contributed by atoms with Crippen molar-refractivity contribution in [1.82, 2.24) is 15.0 Å². The maximum Gasteiger partial charge on any atom is 0.306 e. The third-order valence-electron chi connectivity index (χ3n) is 5.84. The molecule has 1 aliphatic rings. The molecule has 1 aliphatic carbocycles. The molecule has 0 unspecified atom stereocenters. The minimum Gasteiger partial charge on any atom is -0.490 e. The highest BCUT2D eigenvalue weighted by atomic mass is 16.5. The Balaban J connectivity index is 1.43. The Morgan fingerprint density at radius 1 is 1.10 bits per heavy atom. The number of nitrogens with zero attached hydrogens (tertiary/aromatic N) is 3. The summed E-state index contributed by atoms with van der Waals surface area (Å²) < 4.78 is 7.91. The van der Waals surface area contributed by atoms with Gasteiger partial charge in [-0.1, -0.05) is 35.5 Å². The minimum absolute atomic E-state index is 0.0383. The van der Waals surface area contributed by atoms with Crippen LogP contribution in [0.2, 0.25) is 0 Å². The van der Waals surface area contributed by atoms with E-state index < -0.39 is 5.97 Å². The van der Waals surface area contributed by atoms with Crippen molar-refractivity contribution in [3.8, 4) is 17.0 Å². The summed E-state index contributed by atoms with van der Waals surface area (Å²) in [5, 5.41) is 17.9. The Hall–Kier alpha value is -3.15. The van der Waals surface area contributed by atoms with Crippen LogP contribution in [-0.2, 0) is 24.7 Å². The second kappa shape index (κ2) is 9.11. The van der Waals surface area contributed by atoms with Gasteiger partial charge in [0.15, 0.2) is 0 Å². The lowest BCUT2D eigenvalue weighted by Gasteiger charge is -2.27. The molecule has 4 rings (SSSR count). The Morgan fingerprint density at radius 2 is 1.87 bits per heavy atom. The molecule has 6 heteroatoms. The number of ether oxygens (including phenoxy) is 1. The fraction of sp³-hybridized carbons (Fsp3) is 0.375. The second-order valence-electron chi connectivity index (χ2n) is 7.96. The molecular formula is C24H27N3O3. The molecule has 0 aliphatic heterocycles. The van der Waals surface area contributed by atoms with E-state index in [1.54, 1.807) is 0 Å². The van der Waals surface area contributed by atoms with Gasteiger partial charge in [0, 0.05) is 12.6 Å². The summed E-state index contributed by atoms with van der Waals surface area (Å²) in [6.07, 6.45) is 4.87. The second-order valence-corrected chi connectivity index (χ2v) is 7.96. The Kier molecular flexibility index (Phi) is 6.12. The van der Waals surface area contributed by atoms with Gasteiger partial charge in [-0.25, -0.2) is 0 Å². The smallest absolute Gasteiger partial charge is 0.306 e. The molecule has 3 aromatic rings. The van der Waals surface area contributed by atoms with Crippen molar-refractivity contribution in [2.24, 2.45) is 13.0 Å². The van der Waals surface area contributed by atoms with E-state index in [0.717, 1.165) is 54.8 Å². The molecule has 0 amide bonds. The number of hydrogen-bond acceptors (Lipinski definition) is 4. The van der Waals surface area contributed by atoms with Gasteiger partial charge >= 0.3 is 5.97 Å². The molecule has 0 radical (unpaired) electrons. The molecule has 1 aromatic heterocycles. The molecule has 30 heavy (non-hydrogen) atoms. The first kappa shape index (κ1) is 20.1. The van der Waals surface area contributed by atoms with E-state index in [4.69, 9.17) is 4.74 Å². The third kappa shape index (κ3) is 4.70. The van der Waals surface area contributed by atoms with E-state index in [-0.39, 0.29) is 12.0 Å². The molecule has 6 nitrogen and oxygen atoms in total. The summed E-state index contributed by atoms with van der Waals surface area (Å²) in [6, 6.07) is 18.3. The van der Waals surface area contributed by atoms with Gasteiger partial charge in [-0.05, 0) is 68.4 Å². The fourth-order valence-electron chi connectivity index (χ4n) is 4.15. The van der Waals surface area contributed by atoms with Gasteiger partial charge in [-0.3, -0.25) is 9.48 Å². The highest BCUT2D eigenvalue weighted by Gasteiger charge is 2.28. The summed E-state index contributed by atoms with van der Waals surface area (Å²) in [5.74, 6) is -0.247. The van der Waals surface area contributed by atoms with Crippen molar-refractivity contribution in [2.45, 2.75) is 44.6 Å². The standard InChI is InChI=1S/C24H27N3O3/c1-27-22(15-10-17-6-3-2-4-7-17)23(25-26-27)18-11-13-20(14-12-18)30-21-9-5-8-19(16-21)24(28)29/h2-4,6-7,11-14,19,21H,5,8-10,15-16H2,1H3,(H,28,29)/t19-,21-/m0/s1. The van der Waals surface area contributed by atoms with Crippen LogP contribution in [0.1, 0.15) is 36.9 Å². The summed E-state index contributed by atoms with van der Waals surface area (Å²) in [7, 11) is 1.93. The summed E-state index contributed by atoms with van der Waals surface area (Å²) in [6.45, 7) is 0. The largest absolute Gasteiger partial charge is 0.490 e. The van der Waals surface area contributed by atoms with Crippen LogP contribution in [-0.4, -0.2) is 32.2 Å². The first-order chi connectivity index (χ1) is 14.6. The van der Waals surface area contributed by atoms with Gasteiger partial charge < -0.3 is 9.84 Å². The predicted molar refractivity (Wildman–Crippen MR) is 114 cm³/mol. The fourth-order valence-corrected chi connectivity index (χ4v) is 4.15. The number of carbonyl (C=O) groups is 1. The number of aromatic nitrogens is 3. The monoisotopic (exact) mass is 405 g/mol. The zero-order valence-corrected chi connectivity index (χ0v) is 17.2. The van der Waals surface area contributed by atoms with Crippen LogP contribution in [0.15, 0.2) is 54.6 Å². The van der Waals surface area contributed by atoms with Gasteiger partial charge in [-0.2, -0.15) is 0 Å². The number of aliphatic carboxylic acids is 1. The average Bonchev–Trinajstić information content (AvgIpc) is 3.14. The van der Waals surface area contributed by atoms with Crippen LogP contribution in [0.25, 0.3) is 11.3 Å². The maximum absolute atomic E-state index is 11.3. The molecule has 0 bridgehead atoms. The van der Waals surface area contributed by atoms with Crippen molar-refractivity contribution in [2.75, 3.05) is 0 Å². The van der Waals surface area contributed by atoms with Crippen LogP contribution >= 0.6 is 0 Å². The van der Waals surface area contributed by atoms with E-state index >= 15 is 0 Å². The number of carboxylic acids is 1. The lowest BCUT2D eigenvalue weighted by Crippen LogP contribution is -2.29. The summed E-state index contributed by atoms with van der Waals surface area (Å²) in [5.41, 5.74) is 4.29. The quantitative estimate of drug-likeness (QED) is 0.634. The Labute approximate surface area is 176 Å². The van der Waals surface area contributed by atoms with Crippen LogP contribution in [0.5, 0.6) is 5.75 Å². The van der Waals surface area contributed by atoms with Crippen LogP contribution in [0, 0.1) is 5.92 Å². The SMILES string of the molecule is Cn1nnc(-c2ccc(O[C@H]3CCC[C@H](C(=O)O)C3)cc2)c1CCc1ccccc1. The minimum atomic E-state index is -0.718. The van der Waals surface area contributed by atoms with E-state index in [0.29, 0.717) is 6.42 Å². The number of hydrogen-bond donors (Lipinski definition) is 1. The van der Waals surface area contributed by atoms with E-state index in [1.807, 2.05) is 42.1 Å². The molecule has 1 saturated carbocycles. The average molecular weight is 405 g/mol. The van der Waals surface area contributed by atoms with Gasteiger partial charge in [0.05, 0.1) is 17.7 Å². The topological polar surface area (TPSA) is 77.2 Å². The number of benzene rings is 2. The molecule has 2 atom stereocenters. The van der Waals surface area contributed by atoms with Crippen molar-refractivity contribution in [1.29, 1.82) is 0 Å².